The van der Waals surface area contributed by atoms with Gasteiger partial charge >= 0.3 is 0 Å². The molecule has 3 rings (SSSR count). The van der Waals surface area contributed by atoms with E-state index in [1.807, 2.05) is 25.1 Å². The monoisotopic (exact) mass is 226 g/mol. The van der Waals surface area contributed by atoms with Crippen molar-refractivity contribution in [3.63, 3.8) is 0 Å². The van der Waals surface area contributed by atoms with Gasteiger partial charge in [-0.15, -0.1) is 0 Å². The van der Waals surface area contributed by atoms with Gasteiger partial charge in [-0.2, -0.15) is 5.10 Å². The smallest absolute Gasteiger partial charge is 0.281 e. The van der Waals surface area contributed by atoms with Crippen LogP contribution in [-0.4, -0.2) is 19.7 Å². The molecule has 0 aliphatic rings. The summed E-state index contributed by atoms with van der Waals surface area (Å²) in [7, 11) is 0. The molecule has 3 aromatic rings. The first-order valence-electron chi connectivity index (χ1n) is 5.23. The minimum atomic E-state index is -0.120. The molecule has 0 aliphatic carbocycles. The molecule has 3 heterocycles. The van der Waals surface area contributed by atoms with Crippen molar-refractivity contribution in [2.75, 3.05) is 0 Å². The molecule has 0 saturated carbocycles. The topological polar surface area (TPSA) is 63.6 Å². The standard InChI is InChI=1S/C12H10N4O/c1-8-2-3-10(7-13-8)16-5-4-9-6-14-15-11(9)12(16)17/h2-7H,1H3,(H,14,15). The Morgan fingerprint density at radius 3 is 2.88 bits per heavy atom. The van der Waals surface area contributed by atoms with Gasteiger partial charge in [-0.05, 0) is 25.1 Å². The van der Waals surface area contributed by atoms with Crippen LogP contribution in [0.4, 0.5) is 0 Å². The largest absolute Gasteiger partial charge is 0.281 e. The number of H-pyrrole nitrogens is 1. The molecule has 0 atom stereocenters. The van der Waals surface area contributed by atoms with E-state index in [2.05, 4.69) is 15.2 Å². The molecule has 0 amide bonds. The van der Waals surface area contributed by atoms with E-state index < -0.39 is 0 Å². The van der Waals surface area contributed by atoms with Crippen molar-refractivity contribution in [3.8, 4) is 5.69 Å². The number of nitrogens with one attached hydrogen (secondary N) is 1. The number of fused-ring (bicyclic) bond motifs is 1. The van der Waals surface area contributed by atoms with E-state index in [0.29, 0.717) is 5.52 Å². The highest BCUT2D eigenvalue weighted by atomic mass is 16.1. The molecule has 3 aromatic heterocycles. The number of aromatic amines is 1. The second kappa shape index (κ2) is 3.55. The number of nitrogens with zero attached hydrogens (tertiary/aromatic N) is 3. The molecule has 0 saturated heterocycles. The van der Waals surface area contributed by atoms with Crippen molar-refractivity contribution in [2.24, 2.45) is 0 Å². The Kier molecular flexibility index (Phi) is 2.04. The lowest BCUT2D eigenvalue weighted by atomic mass is 10.3. The van der Waals surface area contributed by atoms with Gasteiger partial charge in [0.2, 0.25) is 0 Å². The number of aromatic nitrogens is 4. The van der Waals surface area contributed by atoms with Crippen LogP contribution in [0.5, 0.6) is 0 Å². The van der Waals surface area contributed by atoms with Crippen LogP contribution in [0.15, 0.2) is 41.6 Å². The fourth-order valence-corrected chi connectivity index (χ4v) is 1.74. The summed E-state index contributed by atoms with van der Waals surface area (Å²) in [6.07, 6.45) is 5.04. The van der Waals surface area contributed by atoms with Crippen molar-refractivity contribution in [1.82, 2.24) is 19.7 Å². The number of hydrogen-bond donors (Lipinski definition) is 1. The summed E-state index contributed by atoms with van der Waals surface area (Å²) >= 11 is 0. The van der Waals surface area contributed by atoms with Crippen molar-refractivity contribution in [1.29, 1.82) is 0 Å². The van der Waals surface area contributed by atoms with Crippen LogP contribution in [0.25, 0.3) is 16.6 Å². The van der Waals surface area contributed by atoms with Crippen molar-refractivity contribution >= 4 is 10.9 Å². The Bertz CT molecular complexity index is 724. The zero-order chi connectivity index (χ0) is 11.8. The Hall–Kier alpha value is -2.43. The highest BCUT2D eigenvalue weighted by Crippen LogP contribution is 2.08. The van der Waals surface area contributed by atoms with Gasteiger partial charge in [0.05, 0.1) is 18.1 Å². The number of hydrogen-bond acceptors (Lipinski definition) is 3. The Labute approximate surface area is 96.7 Å². The second-order valence-electron chi connectivity index (χ2n) is 3.85. The SMILES string of the molecule is Cc1ccc(-n2ccc3cn[nH]c3c2=O)cn1. The van der Waals surface area contributed by atoms with Crippen LogP contribution in [0.3, 0.4) is 0 Å². The summed E-state index contributed by atoms with van der Waals surface area (Å²) in [5.41, 5.74) is 2.06. The van der Waals surface area contributed by atoms with E-state index in [4.69, 9.17) is 0 Å². The lowest BCUT2D eigenvalue weighted by Gasteiger charge is -2.04. The maximum Gasteiger partial charge on any atom is 0.281 e. The normalized spacial score (nSPS) is 10.9. The Morgan fingerprint density at radius 1 is 1.24 bits per heavy atom. The fraction of sp³-hybridized carbons (Fsp3) is 0.0833. The van der Waals surface area contributed by atoms with Gasteiger partial charge in [-0.3, -0.25) is 19.4 Å². The molecule has 17 heavy (non-hydrogen) atoms. The first-order valence-corrected chi connectivity index (χ1v) is 5.23. The molecule has 0 spiro atoms. The minimum Gasteiger partial charge on any atom is -0.281 e. The van der Waals surface area contributed by atoms with Gasteiger partial charge in [0.1, 0.15) is 5.52 Å². The van der Waals surface area contributed by atoms with Crippen molar-refractivity contribution < 1.29 is 0 Å². The average Bonchev–Trinajstić information content (AvgIpc) is 2.80. The third-order valence-electron chi connectivity index (χ3n) is 2.68. The second-order valence-corrected chi connectivity index (χ2v) is 3.85. The van der Waals surface area contributed by atoms with E-state index >= 15 is 0 Å². The number of rotatable bonds is 1. The first kappa shape index (κ1) is 9.77. The van der Waals surface area contributed by atoms with Gasteiger partial charge in [0.15, 0.2) is 0 Å². The van der Waals surface area contributed by atoms with Crippen molar-refractivity contribution in [2.45, 2.75) is 6.92 Å². The van der Waals surface area contributed by atoms with E-state index in [1.165, 1.54) is 0 Å². The third kappa shape index (κ3) is 1.52. The molecular weight excluding hydrogens is 216 g/mol. The summed E-state index contributed by atoms with van der Waals surface area (Å²) in [6, 6.07) is 5.59. The van der Waals surface area contributed by atoms with E-state index in [1.54, 1.807) is 23.2 Å². The highest BCUT2D eigenvalue weighted by molar-refractivity contribution is 5.76. The van der Waals surface area contributed by atoms with Gasteiger partial charge < -0.3 is 0 Å². The van der Waals surface area contributed by atoms with E-state index in [-0.39, 0.29) is 5.56 Å². The quantitative estimate of drug-likeness (QED) is 0.682. The predicted octanol–water partition coefficient (Wildman–Crippen LogP) is 1.42. The summed E-state index contributed by atoms with van der Waals surface area (Å²) < 4.78 is 1.55. The summed E-state index contributed by atoms with van der Waals surface area (Å²) in [5.74, 6) is 0. The molecule has 5 nitrogen and oxygen atoms in total. The Balaban J connectivity index is 2.27. The first-order chi connectivity index (χ1) is 8.25. The molecule has 0 fully saturated rings. The molecule has 5 heteroatoms. The fourth-order valence-electron chi connectivity index (χ4n) is 1.74. The van der Waals surface area contributed by atoms with Gasteiger partial charge in [-0.1, -0.05) is 0 Å². The van der Waals surface area contributed by atoms with Crippen LogP contribution in [-0.2, 0) is 0 Å². The maximum atomic E-state index is 12.1. The number of aryl methyl sites for hydroxylation is 1. The van der Waals surface area contributed by atoms with Crippen LogP contribution < -0.4 is 5.56 Å². The maximum absolute atomic E-state index is 12.1. The highest BCUT2D eigenvalue weighted by Gasteiger charge is 2.05. The minimum absolute atomic E-state index is 0.120. The van der Waals surface area contributed by atoms with E-state index in [0.717, 1.165) is 16.8 Å². The molecular formula is C12H10N4O. The van der Waals surface area contributed by atoms with Crippen LogP contribution in [0.2, 0.25) is 0 Å². The van der Waals surface area contributed by atoms with Crippen molar-refractivity contribution in [3.05, 3.63) is 52.8 Å². The number of pyridine rings is 2. The summed E-state index contributed by atoms with van der Waals surface area (Å²) in [4.78, 5) is 16.3. The molecule has 0 aromatic carbocycles. The molecule has 0 unspecified atom stereocenters. The molecule has 0 bridgehead atoms. The Morgan fingerprint density at radius 2 is 2.12 bits per heavy atom. The zero-order valence-corrected chi connectivity index (χ0v) is 9.21. The van der Waals surface area contributed by atoms with Gasteiger partial charge in [0.25, 0.3) is 5.56 Å². The lowest BCUT2D eigenvalue weighted by Crippen LogP contribution is -2.17. The molecule has 1 N–H and O–H groups in total. The zero-order valence-electron chi connectivity index (χ0n) is 9.21. The van der Waals surface area contributed by atoms with Gasteiger partial charge in [-0.25, -0.2) is 0 Å². The van der Waals surface area contributed by atoms with Crippen LogP contribution in [0.1, 0.15) is 5.69 Å². The molecule has 84 valence electrons. The van der Waals surface area contributed by atoms with E-state index in [9.17, 15) is 4.79 Å². The summed E-state index contributed by atoms with van der Waals surface area (Å²) in [6.45, 7) is 1.91. The lowest BCUT2D eigenvalue weighted by molar-refractivity contribution is 0.977. The molecule has 0 radical (unpaired) electrons. The predicted molar refractivity (Wildman–Crippen MR) is 64.2 cm³/mol. The van der Waals surface area contributed by atoms with Crippen LogP contribution in [0, 0.1) is 6.92 Å². The van der Waals surface area contributed by atoms with Gasteiger partial charge in [0, 0.05) is 17.3 Å². The summed E-state index contributed by atoms with van der Waals surface area (Å²) in [5, 5.41) is 7.37. The average molecular weight is 226 g/mol. The molecule has 0 aliphatic heterocycles. The third-order valence-corrected chi connectivity index (χ3v) is 2.68. The van der Waals surface area contributed by atoms with Crippen LogP contribution >= 0.6 is 0 Å².